The first-order valence-electron chi connectivity index (χ1n) is 8.66. The largest absolute Gasteiger partial charge is 0.465 e. The molecule has 1 saturated heterocycles. The summed E-state index contributed by atoms with van der Waals surface area (Å²) in [5, 5.41) is 3.31. The Morgan fingerprint density at radius 3 is 2.50 bits per heavy atom. The number of ketones is 1. The molecule has 0 aliphatic carbocycles. The molecule has 0 spiro atoms. The van der Waals surface area contributed by atoms with Crippen molar-refractivity contribution in [3.63, 3.8) is 0 Å². The van der Waals surface area contributed by atoms with Gasteiger partial charge in [0.1, 0.15) is 11.8 Å². The molecule has 1 aliphatic rings. The average Bonchev–Trinajstić information content (AvgIpc) is 2.44. The fourth-order valence-electron chi connectivity index (χ4n) is 2.70. The number of carbonyl (C=O) groups excluding carboxylic acids is 2. The molecule has 0 aromatic carbocycles. The van der Waals surface area contributed by atoms with Crippen molar-refractivity contribution in [3.05, 3.63) is 0 Å². The van der Waals surface area contributed by atoms with E-state index in [1.54, 1.807) is 0 Å². The molecule has 0 aromatic heterocycles. The zero-order valence-electron chi connectivity index (χ0n) is 14.6. The van der Waals surface area contributed by atoms with Gasteiger partial charge in [0.2, 0.25) is 0 Å². The molecule has 1 N–H and O–H groups in total. The van der Waals surface area contributed by atoms with Crippen LogP contribution in [0.1, 0.15) is 53.4 Å². The van der Waals surface area contributed by atoms with Crippen LogP contribution in [0, 0.1) is 5.92 Å². The van der Waals surface area contributed by atoms with Gasteiger partial charge in [0, 0.05) is 19.5 Å². The van der Waals surface area contributed by atoms with Gasteiger partial charge in [-0.25, -0.2) is 0 Å². The molecule has 22 heavy (non-hydrogen) atoms. The van der Waals surface area contributed by atoms with E-state index in [-0.39, 0.29) is 18.1 Å². The monoisotopic (exact) mass is 312 g/mol. The van der Waals surface area contributed by atoms with Crippen molar-refractivity contribution in [2.75, 3.05) is 26.2 Å². The summed E-state index contributed by atoms with van der Waals surface area (Å²) in [6, 6.07) is -0.194. The topological polar surface area (TPSA) is 58.6 Å². The van der Waals surface area contributed by atoms with E-state index < -0.39 is 0 Å². The zero-order valence-corrected chi connectivity index (χ0v) is 14.6. The van der Waals surface area contributed by atoms with E-state index in [1.807, 2.05) is 13.8 Å². The van der Waals surface area contributed by atoms with Crippen LogP contribution >= 0.6 is 0 Å². The second-order valence-corrected chi connectivity index (χ2v) is 6.39. The average molecular weight is 312 g/mol. The lowest BCUT2D eigenvalue weighted by Gasteiger charge is -2.40. The number of esters is 1. The van der Waals surface area contributed by atoms with Crippen molar-refractivity contribution in [3.8, 4) is 0 Å². The lowest BCUT2D eigenvalue weighted by atomic mass is 9.96. The van der Waals surface area contributed by atoms with Gasteiger partial charge in [-0.3, -0.25) is 14.5 Å². The Bertz CT molecular complexity index is 358. The molecule has 0 radical (unpaired) electrons. The highest BCUT2D eigenvalue weighted by Crippen LogP contribution is 2.20. The molecule has 128 valence electrons. The summed E-state index contributed by atoms with van der Waals surface area (Å²) in [5.41, 5.74) is 0. The van der Waals surface area contributed by atoms with Crippen molar-refractivity contribution in [2.45, 2.75) is 65.5 Å². The summed E-state index contributed by atoms with van der Waals surface area (Å²) < 4.78 is 5.15. The Balaban J connectivity index is 2.42. The lowest BCUT2D eigenvalue weighted by Crippen LogP contribution is -2.53. The summed E-state index contributed by atoms with van der Waals surface area (Å²) in [6.07, 6.45) is 3.29. The van der Waals surface area contributed by atoms with Crippen LogP contribution in [0.15, 0.2) is 0 Å². The summed E-state index contributed by atoms with van der Waals surface area (Å²) in [6.45, 7) is 11.0. The Kier molecular flexibility index (Phi) is 8.64. The SMILES string of the molecule is CCOC(=O)[C@H](CCN1CC[C@H]1C(=O)CC)NCCC(C)C. The van der Waals surface area contributed by atoms with Crippen molar-refractivity contribution >= 4 is 11.8 Å². The summed E-state index contributed by atoms with van der Waals surface area (Å²) >= 11 is 0. The fourth-order valence-corrected chi connectivity index (χ4v) is 2.70. The molecule has 0 bridgehead atoms. The van der Waals surface area contributed by atoms with E-state index in [9.17, 15) is 9.59 Å². The molecule has 0 aromatic rings. The Morgan fingerprint density at radius 1 is 1.27 bits per heavy atom. The minimum atomic E-state index is -0.267. The molecule has 0 saturated carbocycles. The van der Waals surface area contributed by atoms with Crippen LogP contribution < -0.4 is 5.32 Å². The van der Waals surface area contributed by atoms with Crippen LogP contribution in [-0.4, -0.2) is 55.0 Å². The number of hydrogen-bond acceptors (Lipinski definition) is 5. The second-order valence-electron chi connectivity index (χ2n) is 6.39. The Labute approximate surface area is 134 Å². The number of likely N-dealkylation sites (tertiary alicyclic amines) is 1. The van der Waals surface area contributed by atoms with E-state index in [2.05, 4.69) is 24.1 Å². The van der Waals surface area contributed by atoms with E-state index in [4.69, 9.17) is 4.74 Å². The van der Waals surface area contributed by atoms with E-state index >= 15 is 0 Å². The highest BCUT2D eigenvalue weighted by molar-refractivity contribution is 5.84. The van der Waals surface area contributed by atoms with Gasteiger partial charge < -0.3 is 10.1 Å². The van der Waals surface area contributed by atoms with Crippen LogP contribution in [0.4, 0.5) is 0 Å². The van der Waals surface area contributed by atoms with Gasteiger partial charge in [0.25, 0.3) is 0 Å². The fraction of sp³-hybridized carbons (Fsp3) is 0.882. The number of hydrogen-bond donors (Lipinski definition) is 1. The first kappa shape index (κ1) is 19.1. The number of Topliss-reactive ketones (excluding diaryl/α,β-unsaturated/α-hetero) is 1. The first-order valence-corrected chi connectivity index (χ1v) is 8.66. The Morgan fingerprint density at radius 2 is 2.00 bits per heavy atom. The molecule has 0 amide bonds. The maximum Gasteiger partial charge on any atom is 0.323 e. The van der Waals surface area contributed by atoms with Gasteiger partial charge in [0.05, 0.1) is 12.6 Å². The lowest BCUT2D eigenvalue weighted by molar-refractivity contribution is -0.146. The molecule has 2 atom stereocenters. The molecule has 1 rings (SSSR count). The predicted molar refractivity (Wildman–Crippen MR) is 87.8 cm³/mol. The third-order valence-corrected chi connectivity index (χ3v) is 4.24. The van der Waals surface area contributed by atoms with Gasteiger partial charge in [-0.15, -0.1) is 0 Å². The third-order valence-electron chi connectivity index (χ3n) is 4.24. The van der Waals surface area contributed by atoms with Crippen LogP contribution in [0.2, 0.25) is 0 Å². The van der Waals surface area contributed by atoms with Crippen molar-refractivity contribution in [2.24, 2.45) is 5.92 Å². The maximum atomic E-state index is 12.0. The Hall–Kier alpha value is -0.940. The molecule has 1 aliphatic heterocycles. The summed E-state index contributed by atoms with van der Waals surface area (Å²) in [5.74, 6) is 0.745. The third kappa shape index (κ3) is 6.05. The highest BCUT2D eigenvalue weighted by atomic mass is 16.5. The number of ether oxygens (including phenoxy) is 1. The minimum Gasteiger partial charge on any atom is -0.465 e. The van der Waals surface area contributed by atoms with Gasteiger partial charge in [0.15, 0.2) is 0 Å². The van der Waals surface area contributed by atoms with Crippen LogP contribution in [0.25, 0.3) is 0 Å². The minimum absolute atomic E-state index is 0.0727. The van der Waals surface area contributed by atoms with Gasteiger partial charge >= 0.3 is 5.97 Å². The number of nitrogens with one attached hydrogen (secondary N) is 1. The smallest absolute Gasteiger partial charge is 0.323 e. The van der Waals surface area contributed by atoms with Gasteiger partial charge in [-0.1, -0.05) is 20.8 Å². The molecule has 1 heterocycles. The number of nitrogens with zero attached hydrogens (tertiary/aromatic N) is 1. The first-order chi connectivity index (χ1) is 10.5. The molecule has 5 nitrogen and oxygen atoms in total. The van der Waals surface area contributed by atoms with Crippen LogP contribution in [-0.2, 0) is 14.3 Å². The van der Waals surface area contributed by atoms with Gasteiger partial charge in [-0.05, 0) is 38.6 Å². The van der Waals surface area contributed by atoms with Crippen LogP contribution in [0.3, 0.4) is 0 Å². The summed E-state index contributed by atoms with van der Waals surface area (Å²) in [4.78, 5) is 26.0. The predicted octanol–water partition coefficient (Wildman–Crippen LogP) is 2.00. The molecular formula is C17H32N2O3. The quantitative estimate of drug-likeness (QED) is 0.591. The van der Waals surface area contributed by atoms with Crippen molar-refractivity contribution in [1.82, 2.24) is 10.2 Å². The molecule has 0 unspecified atom stereocenters. The van der Waals surface area contributed by atoms with E-state index in [0.717, 1.165) is 32.5 Å². The van der Waals surface area contributed by atoms with Crippen LogP contribution in [0.5, 0.6) is 0 Å². The number of carbonyl (C=O) groups is 2. The van der Waals surface area contributed by atoms with Crippen molar-refractivity contribution in [1.29, 1.82) is 0 Å². The second kappa shape index (κ2) is 9.95. The van der Waals surface area contributed by atoms with Crippen molar-refractivity contribution < 1.29 is 14.3 Å². The van der Waals surface area contributed by atoms with E-state index in [0.29, 0.717) is 31.1 Å². The molecular weight excluding hydrogens is 280 g/mol. The molecule has 1 fully saturated rings. The standard InChI is InChI=1S/C17H32N2O3/c1-5-16(20)15-9-12-19(15)11-8-14(17(21)22-6-2)18-10-7-13(3)4/h13-15,18H,5-12H2,1-4H3/t14-,15-/m0/s1. The van der Waals surface area contributed by atoms with E-state index in [1.165, 1.54) is 0 Å². The van der Waals surface area contributed by atoms with Gasteiger partial charge in [-0.2, -0.15) is 0 Å². The number of rotatable bonds is 11. The molecule has 5 heteroatoms. The maximum absolute atomic E-state index is 12.0. The summed E-state index contributed by atoms with van der Waals surface area (Å²) in [7, 11) is 0. The highest BCUT2D eigenvalue weighted by Gasteiger charge is 2.33. The normalized spacial score (nSPS) is 19.8. The zero-order chi connectivity index (χ0) is 16.5.